The van der Waals surface area contributed by atoms with Crippen molar-refractivity contribution in [3.63, 3.8) is 0 Å². The van der Waals surface area contributed by atoms with Crippen LogP contribution >= 0.6 is 0 Å². The van der Waals surface area contributed by atoms with E-state index in [-0.39, 0.29) is 18.8 Å². The number of hydrogen-bond donors (Lipinski definition) is 3. The lowest BCUT2D eigenvalue weighted by atomic mass is 9.93. The first-order chi connectivity index (χ1) is 17.5. The van der Waals surface area contributed by atoms with Crippen LogP contribution in [0.4, 0.5) is 17.5 Å². The lowest BCUT2D eigenvalue weighted by molar-refractivity contribution is 0.122. The summed E-state index contributed by atoms with van der Waals surface area (Å²) in [7, 11) is 0. The van der Waals surface area contributed by atoms with E-state index in [4.69, 9.17) is 9.47 Å². The number of nitrogens with zero attached hydrogens (tertiary/aromatic N) is 5. The van der Waals surface area contributed by atoms with Crippen molar-refractivity contribution in [3.05, 3.63) is 36.8 Å². The molecular weight excluding hydrogens is 458 g/mol. The first-order valence-electron chi connectivity index (χ1n) is 12.7. The Balaban J connectivity index is 1.22. The van der Waals surface area contributed by atoms with Gasteiger partial charge in [0.2, 0.25) is 5.95 Å². The van der Waals surface area contributed by atoms with E-state index < -0.39 is 5.54 Å². The van der Waals surface area contributed by atoms with Gasteiger partial charge in [0.25, 0.3) is 0 Å². The van der Waals surface area contributed by atoms with Gasteiger partial charge >= 0.3 is 0 Å². The van der Waals surface area contributed by atoms with Crippen molar-refractivity contribution in [3.8, 4) is 5.75 Å². The van der Waals surface area contributed by atoms with Crippen LogP contribution in [0.1, 0.15) is 39.5 Å². The summed E-state index contributed by atoms with van der Waals surface area (Å²) >= 11 is 0. The fraction of sp³-hybridized carbons (Fsp3) is 0.538. The molecule has 2 aliphatic rings. The van der Waals surface area contributed by atoms with Crippen LogP contribution in [0.15, 0.2) is 36.8 Å². The number of rotatable bonds is 8. The fourth-order valence-corrected chi connectivity index (χ4v) is 4.69. The van der Waals surface area contributed by atoms with Crippen molar-refractivity contribution in [2.45, 2.75) is 57.2 Å². The van der Waals surface area contributed by atoms with Gasteiger partial charge in [-0.1, -0.05) is 0 Å². The van der Waals surface area contributed by atoms with Crippen LogP contribution in [0.25, 0.3) is 11.0 Å². The fourth-order valence-electron chi connectivity index (χ4n) is 4.69. The van der Waals surface area contributed by atoms with Gasteiger partial charge in [-0.15, -0.1) is 0 Å². The molecule has 0 spiro atoms. The van der Waals surface area contributed by atoms with Crippen LogP contribution in [0, 0.1) is 0 Å². The molecule has 0 atom stereocenters. The molecule has 2 aromatic heterocycles. The largest absolute Gasteiger partial charge is 0.488 e. The van der Waals surface area contributed by atoms with Gasteiger partial charge in [0.1, 0.15) is 17.1 Å². The summed E-state index contributed by atoms with van der Waals surface area (Å²) in [5, 5.41) is 16.2. The standard InChI is InChI=1S/C26H35N7O3/c1-26(2,17-34)32-23-7-8-29-25(31-23)30-18-3-5-20(6-4-18)36-22-16-19(33-11-13-35-14-12-33)15-21-24(22)28-10-9-27-21/h7-10,15-16,18,20,34H,3-6,11-14,17H2,1-2H3,(H2,29,30,31,32)/t18-,20+. The average molecular weight is 494 g/mol. The van der Waals surface area contributed by atoms with Crippen molar-refractivity contribution in [1.82, 2.24) is 19.9 Å². The summed E-state index contributed by atoms with van der Waals surface area (Å²) in [4.78, 5) is 20.4. The van der Waals surface area contributed by atoms with Crippen LogP contribution in [-0.4, -0.2) is 75.6 Å². The van der Waals surface area contributed by atoms with Crippen molar-refractivity contribution >= 4 is 28.5 Å². The molecule has 1 aliphatic heterocycles. The van der Waals surface area contributed by atoms with Crippen molar-refractivity contribution in [2.75, 3.05) is 48.4 Å². The topological polar surface area (TPSA) is 118 Å². The molecule has 1 aliphatic carbocycles. The summed E-state index contributed by atoms with van der Waals surface area (Å²) in [6.45, 7) is 7.04. The number of anilines is 3. The number of nitrogens with one attached hydrogen (secondary N) is 2. The molecule has 3 heterocycles. The van der Waals surface area contributed by atoms with E-state index in [2.05, 4.69) is 47.6 Å². The van der Waals surface area contributed by atoms with Gasteiger partial charge in [-0.25, -0.2) is 9.97 Å². The highest BCUT2D eigenvalue weighted by molar-refractivity contribution is 5.85. The number of hydrogen-bond acceptors (Lipinski definition) is 10. The smallest absolute Gasteiger partial charge is 0.224 e. The van der Waals surface area contributed by atoms with Crippen molar-refractivity contribution < 1.29 is 14.6 Å². The van der Waals surface area contributed by atoms with Crippen LogP contribution < -0.4 is 20.3 Å². The minimum absolute atomic E-state index is 0.0139. The van der Waals surface area contributed by atoms with Gasteiger partial charge in [0, 0.05) is 49.5 Å². The number of fused-ring (bicyclic) bond motifs is 1. The number of ether oxygens (including phenoxy) is 2. The molecule has 1 saturated carbocycles. The highest BCUT2D eigenvalue weighted by Gasteiger charge is 2.25. The zero-order valence-electron chi connectivity index (χ0n) is 21.0. The molecule has 5 rings (SSSR count). The molecule has 1 saturated heterocycles. The molecule has 0 unspecified atom stereocenters. The summed E-state index contributed by atoms with van der Waals surface area (Å²) < 4.78 is 12.0. The summed E-state index contributed by atoms with van der Waals surface area (Å²) in [6.07, 6.45) is 9.06. The molecule has 0 radical (unpaired) electrons. The van der Waals surface area contributed by atoms with Gasteiger partial charge in [0.15, 0.2) is 0 Å². The Labute approximate surface area is 211 Å². The second-order valence-corrected chi connectivity index (χ2v) is 10.1. The van der Waals surface area contributed by atoms with E-state index in [1.165, 1.54) is 0 Å². The molecular formula is C26H35N7O3. The molecule has 36 heavy (non-hydrogen) atoms. The van der Waals surface area contributed by atoms with E-state index in [1.54, 1.807) is 18.6 Å². The Kier molecular flexibility index (Phi) is 7.33. The van der Waals surface area contributed by atoms with E-state index in [0.29, 0.717) is 11.8 Å². The first-order valence-corrected chi connectivity index (χ1v) is 12.7. The third-order valence-electron chi connectivity index (χ3n) is 6.72. The molecule has 3 aromatic rings. The Hall–Kier alpha value is -3.24. The predicted octanol–water partition coefficient (Wildman–Crippen LogP) is 3.24. The normalized spacial score (nSPS) is 20.8. The predicted molar refractivity (Wildman–Crippen MR) is 140 cm³/mol. The van der Waals surface area contributed by atoms with Crippen LogP contribution in [0.5, 0.6) is 5.75 Å². The quantitative estimate of drug-likeness (QED) is 0.432. The summed E-state index contributed by atoms with van der Waals surface area (Å²) in [5.41, 5.74) is 2.31. The van der Waals surface area contributed by atoms with Crippen LogP contribution in [0.2, 0.25) is 0 Å². The zero-order valence-corrected chi connectivity index (χ0v) is 21.0. The number of benzene rings is 1. The Bertz CT molecular complexity index is 1160. The Morgan fingerprint density at radius 2 is 1.83 bits per heavy atom. The Morgan fingerprint density at radius 3 is 2.61 bits per heavy atom. The summed E-state index contributed by atoms with van der Waals surface area (Å²) in [6, 6.07) is 6.28. The number of aliphatic hydroxyl groups is 1. The number of morpholine rings is 1. The van der Waals surface area contributed by atoms with Gasteiger partial charge in [0.05, 0.1) is 37.0 Å². The van der Waals surface area contributed by atoms with Crippen LogP contribution in [0.3, 0.4) is 0 Å². The number of aromatic nitrogens is 4. The molecule has 10 heteroatoms. The monoisotopic (exact) mass is 493 g/mol. The highest BCUT2D eigenvalue weighted by Crippen LogP contribution is 2.33. The van der Waals surface area contributed by atoms with Gasteiger partial charge < -0.3 is 30.1 Å². The van der Waals surface area contributed by atoms with E-state index >= 15 is 0 Å². The molecule has 192 valence electrons. The maximum atomic E-state index is 9.51. The second-order valence-electron chi connectivity index (χ2n) is 10.1. The number of aliphatic hydroxyl groups excluding tert-OH is 1. The molecule has 0 amide bonds. The van der Waals surface area contributed by atoms with Gasteiger partial charge in [-0.3, -0.25) is 4.98 Å². The maximum absolute atomic E-state index is 9.51. The van der Waals surface area contributed by atoms with E-state index in [9.17, 15) is 5.11 Å². The maximum Gasteiger partial charge on any atom is 0.224 e. The Morgan fingerprint density at radius 1 is 1.06 bits per heavy atom. The third-order valence-corrected chi connectivity index (χ3v) is 6.72. The van der Waals surface area contributed by atoms with E-state index in [0.717, 1.165) is 74.5 Å². The van der Waals surface area contributed by atoms with E-state index in [1.807, 2.05) is 19.9 Å². The molecule has 10 nitrogen and oxygen atoms in total. The first kappa shape index (κ1) is 24.5. The highest BCUT2D eigenvalue weighted by atomic mass is 16.5. The molecule has 3 N–H and O–H groups in total. The van der Waals surface area contributed by atoms with Crippen LogP contribution in [-0.2, 0) is 4.74 Å². The van der Waals surface area contributed by atoms with Crippen molar-refractivity contribution in [1.29, 1.82) is 0 Å². The van der Waals surface area contributed by atoms with Crippen molar-refractivity contribution in [2.24, 2.45) is 0 Å². The van der Waals surface area contributed by atoms with Gasteiger partial charge in [-0.2, -0.15) is 4.98 Å². The minimum atomic E-state index is -0.450. The molecule has 1 aromatic carbocycles. The average Bonchev–Trinajstić information content (AvgIpc) is 2.90. The lowest BCUT2D eigenvalue weighted by Crippen LogP contribution is -2.36. The van der Waals surface area contributed by atoms with Gasteiger partial charge in [-0.05, 0) is 51.7 Å². The SMILES string of the molecule is CC(C)(CO)Nc1ccnc(N[C@H]2CC[C@@H](Oc3cc(N4CCOCC4)cc4nccnc34)CC2)n1. The lowest BCUT2D eigenvalue weighted by Gasteiger charge is -2.31. The minimum Gasteiger partial charge on any atom is -0.488 e. The molecule has 2 fully saturated rings. The molecule has 0 bridgehead atoms. The summed E-state index contributed by atoms with van der Waals surface area (Å²) in [5.74, 6) is 2.08. The zero-order chi connectivity index (χ0) is 25.0. The second kappa shape index (κ2) is 10.8. The third kappa shape index (κ3) is 5.93.